The lowest BCUT2D eigenvalue weighted by atomic mass is 9.50. The number of ether oxygens (including phenoxy) is 1. The van der Waals surface area contributed by atoms with Crippen molar-refractivity contribution in [2.24, 2.45) is 12.5 Å². The van der Waals surface area contributed by atoms with Crippen LogP contribution in [0.15, 0.2) is 16.9 Å². The summed E-state index contributed by atoms with van der Waals surface area (Å²) < 4.78 is 7.47. The van der Waals surface area contributed by atoms with E-state index < -0.39 is 0 Å². The van der Waals surface area contributed by atoms with E-state index >= 15 is 0 Å². The van der Waals surface area contributed by atoms with Crippen molar-refractivity contribution in [1.29, 1.82) is 0 Å². The van der Waals surface area contributed by atoms with E-state index in [1.54, 1.807) is 17.7 Å². The molecule has 0 saturated heterocycles. The third-order valence-corrected chi connectivity index (χ3v) is 6.25. The predicted octanol–water partition coefficient (Wildman–Crippen LogP) is 2.18. The Morgan fingerprint density at radius 2 is 2.16 bits per heavy atom. The average Bonchev–Trinajstić information content (AvgIpc) is 2.53. The summed E-state index contributed by atoms with van der Waals surface area (Å²) in [5.41, 5.74) is 1.61. The number of aromatic nitrogens is 1. The lowest BCUT2D eigenvalue weighted by molar-refractivity contribution is -0.191. The summed E-state index contributed by atoms with van der Waals surface area (Å²) in [5, 5.41) is 2.90. The first-order valence-corrected chi connectivity index (χ1v) is 9.18. The molecule has 2 aliphatic rings. The molecule has 6 nitrogen and oxygen atoms in total. The highest BCUT2D eigenvalue weighted by Crippen LogP contribution is 2.58. The fourth-order valence-electron chi connectivity index (χ4n) is 4.30. The Hall–Kier alpha value is -1.82. The molecule has 2 atom stereocenters. The molecule has 2 fully saturated rings. The molecule has 1 aromatic heterocycles. The standard InChI is InChI=1S/C19H29N3O3/c1-5-25-16-11-15(19(16)9-6-10-19)22(4)18(24)20-12-14-8-7-13(2)21(3)17(14)23/h7-8,15-16H,5-6,9-12H2,1-4H3,(H,20,24)/t15-,16-/m0/s1. The van der Waals surface area contributed by atoms with Gasteiger partial charge in [0.05, 0.1) is 6.10 Å². The van der Waals surface area contributed by atoms with Gasteiger partial charge in [-0.25, -0.2) is 4.79 Å². The zero-order valence-electron chi connectivity index (χ0n) is 15.7. The van der Waals surface area contributed by atoms with E-state index in [4.69, 9.17) is 4.74 Å². The highest BCUT2D eigenvalue weighted by Gasteiger charge is 2.60. The Morgan fingerprint density at radius 1 is 1.44 bits per heavy atom. The SMILES string of the molecule is CCO[C@H]1C[C@H](N(C)C(=O)NCc2ccc(C)n(C)c2=O)C12CCC2. The predicted molar refractivity (Wildman–Crippen MR) is 96.5 cm³/mol. The van der Waals surface area contributed by atoms with Crippen LogP contribution in [0.3, 0.4) is 0 Å². The van der Waals surface area contributed by atoms with Crippen molar-refractivity contribution in [3.8, 4) is 0 Å². The number of hydrogen-bond acceptors (Lipinski definition) is 3. The topological polar surface area (TPSA) is 63.6 Å². The van der Waals surface area contributed by atoms with Crippen LogP contribution in [0, 0.1) is 12.3 Å². The molecule has 0 radical (unpaired) electrons. The van der Waals surface area contributed by atoms with Crippen LogP contribution < -0.4 is 10.9 Å². The minimum absolute atomic E-state index is 0.0570. The number of aryl methyl sites for hydroxylation is 1. The lowest BCUT2D eigenvalue weighted by Gasteiger charge is -2.63. The van der Waals surface area contributed by atoms with E-state index in [1.165, 1.54) is 6.42 Å². The van der Waals surface area contributed by atoms with Gasteiger partial charge in [0.2, 0.25) is 0 Å². The van der Waals surface area contributed by atoms with Crippen molar-refractivity contribution >= 4 is 6.03 Å². The van der Waals surface area contributed by atoms with Gasteiger partial charge in [-0.05, 0) is 39.2 Å². The normalized spacial score (nSPS) is 23.7. The first-order valence-electron chi connectivity index (χ1n) is 9.18. The Balaban J connectivity index is 1.61. The third kappa shape index (κ3) is 2.97. The van der Waals surface area contributed by atoms with E-state index in [9.17, 15) is 9.59 Å². The van der Waals surface area contributed by atoms with Gasteiger partial charge >= 0.3 is 6.03 Å². The molecule has 0 bridgehead atoms. The van der Waals surface area contributed by atoms with Gasteiger partial charge in [0.1, 0.15) is 0 Å². The van der Waals surface area contributed by atoms with Gasteiger partial charge in [0.15, 0.2) is 0 Å². The molecule has 1 N–H and O–H groups in total. The highest BCUT2D eigenvalue weighted by atomic mass is 16.5. The van der Waals surface area contributed by atoms with Crippen molar-refractivity contribution in [3.05, 3.63) is 33.7 Å². The van der Waals surface area contributed by atoms with Crippen LogP contribution in [0.25, 0.3) is 0 Å². The number of carbonyl (C=O) groups excluding carboxylic acids is 1. The zero-order valence-corrected chi connectivity index (χ0v) is 15.7. The van der Waals surface area contributed by atoms with Crippen molar-refractivity contribution < 1.29 is 9.53 Å². The molecule has 3 rings (SSSR count). The first-order chi connectivity index (χ1) is 11.9. The summed E-state index contributed by atoms with van der Waals surface area (Å²) in [6.45, 7) is 4.90. The van der Waals surface area contributed by atoms with E-state index in [2.05, 4.69) is 5.32 Å². The molecule has 6 heteroatoms. The number of urea groups is 1. The second-order valence-corrected chi connectivity index (χ2v) is 7.42. The second-order valence-electron chi connectivity index (χ2n) is 7.42. The molecular formula is C19H29N3O3. The Labute approximate surface area is 149 Å². The van der Waals surface area contributed by atoms with Gasteiger partial charge in [-0.1, -0.05) is 12.5 Å². The maximum Gasteiger partial charge on any atom is 0.317 e. The second kappa shape index (κ2) is 6.83. The number of nitrogens with one attached hydrogen (secondary N) is 1. The zero-order chi connectivity index (χ0) is 18.2. The number of amides is 2. The minimum atomic E-state index is -0.117. The van der Waals surface area contributed by atoms with Gasteiger partial charge < -0.3 is 19.5 Å². The van der Waals surface area contributed by atoms with Crippen LogP contribution in [0.2, 0.25) is 0 Å². The Morgan fingerprint density at radius 3 is 2.76 bits per heavy atom. The third-order valence-electron chi connectivity index (χ3n) is 6.25. The molecule has 2 amide bonds. The van der Waals surface area contributed by atoms with Crippen LogP contribution >= 0.6 is 0 Å². The summed E-state index contributed by atoms with van der Waals surface area (Å²) in [6, 6.07) is 3.81. The van der Waals surface area contributed by atoms with Crippen molar-refractivity contribution in [2.45, 2.75) is 58.2 Å². The van der Waals surface area contributed by atoms with Crippen molar-refractivity contribution in [1.82, 2.24) is 14.8 Å². The molecular weight excluding hydrogens is 318 g/mol. The van der Waals surface area contributed by atoms with Gasteiger partial charge in [-0.3, -0.25) is 4.79 Å². The molecule has 1 spiro atoms. The molecule has 0 aliphatic heterocycles. The van der Waals surface area contributed by atoms with Crippen LogP contribution in [-0.4, -0.2) is 41.3 Å². The summed E-state index contributed by atoms with van der Waals surface area (Å²) in [4.78, 5) is 26.6. The molecule has 1 aromatic rings. The first kappa shape index (κ1) is 18.0. The molecule has 0 unspecified atom stereocenters. The van der Waals surface area contributed by atoms with E-state index in [-0.39, 0.29) is 35.7 Å². The fraction of sp³-hybridized carbons (Fsp3) is 0.684. The number of pyridine rings is 1. The van der Waals surface area contributed by atoms with Crippen molar-refractivity contribution in [3.63, 3.8) is 0 Å². The molecule has 1 heterocycles. The van der Waals surface area contributed by atoms with Crippen LogP contribution in [0.1, 0.15) is 43.9 Å². The Kier molecular flexibility index (Phi) is 4.91. The smallest absolute Gasteiger partial charge is 0.317 e. The van der Waals surface area contributed by atoms with Crippen LogP contribution in [0.4, 0.5) is 4.79 Å². The summed E-state index contributed by atoms with van der Waals surface area (Å²) in [5.74, 6) is 0. The van der Waals surface area contributed by atoms with Gasteiger partial charge in [0.25, 0.3) is 5.56 Å². The lowest BCUT2D eigenvalue weighted by Crippen LogP contribution is -2.68. The Bertz CT molecular complexity index is 708. The number of rotatable bonds is 5. The van der Waals surface area contributed by atoms with Crippen molar-refractivity contribution in [2.75, 3.05) is 13.7 Å². The van der Waals surface area contributed by atoms with E-state index in [1.807, 2.05) is 31.9 Å². The van der Waals surface area contributed by atoms with E-state index in [0.29, 0.717) is 5.56 Å². The summed E-state index contributed by atoms with van der Waals surface area (Å²) in [7, 11) is 3.60. The number of hydrogen-bond donors (Lipinski definition) is 1. The molecule has 2 saturated carbocycles. The summed E-state index contributed by atoms with van der Waals surface area (Å²) in [6.07, 6.45) is 4.69. The minimum Gasteiger partial charge on any atom is -0.378 e. The largest absolute Gasteiger partial charge is 0.378 e. The number of carbonyl (C=O) groups is 1. The molecule has 2 aliphatic carbocycles. The maximum absolute atomic E-state index is 12.6. The fourth-order valence-corrected chi connectivity index (χ4v) is 4.30. The quantitative estimate of drug-likeness (QED) is 0.888. The van der Waals surface area contributed by atoms with Gasteiger partial charge in [0, 0.05) is 50.0 Å². The van der Waals surface area contributed by atoms with Crippen LogP contribution in [-0.2, 0) is 18.3 Å². The van der Waals surface area contributed by atoms with Crippen LogP contribution in [0.5, 0.6) is 0 Å². The maximum atomic E-state index is 12.6. The molecule has 25 heavy (non-hydrogen) atoms. The highest BCUT2D eigenvalue weighted by molar-refractivity contribution is 5.74. The molecule has 138 valence electrons. The van der Waals surface area contributed by atoms with Gasteiger partial charge in [-0.2, -0.15) is 0 Å². The monoisotopic (exact) mass is 347 g/mol. The van der Waals surface area contributed by atoms with E-state index in [0.717, 1.165) is 31.6 Å². The average molecular weight is 347 g/mol. The molecule has 0 aromatic carbocycles. The van der Waals surface area contributed by atoms with Gasteiger partial charge in [-0.15, -0.1) is 0 Å². The number of nitrogens with zero attached hydrogens (tertiary/aromatic N) is 2. The summed E-state index contributed by atoms with van der Waals surface area (Å²) >= 11 is 0.